The lowest BCUT2D eigenvalue weighted by Gasteiger charge is -2.19. The number of likely N-dealkylation sites (N-methyl/N-ethyl adjacent to an activating group) is 2. The van der Waals surface area contributed by atoms with Crippen molar-refractivity contribution in [2.24, 2.45) is 0 Å². The average molecular weight is 285 g/mol. The maximum Gasteiger partial charge on any atom is 0.0635 e. The highest BCUT2D eigenvalue weighted by Gasteiger charge is 2.05. The van der Waals surface area contributed by atoms with E-state index < -0.39 is 0 Å². The molecule has 1 atom stereocenters. The lowest BCUT2D eigenvalue weighted by molar-refractivity contribution is 0.0448. The van der Waals surface area contributed by atoms with Crippen LogP contribution >= 0.6 is 0 Å². The zero-order valence-electron chi connectivity index (χ0n) is 13.6. The molecule has 0 aromatic rings. The van der Waals surface area contributed by atoms with Gasteiger partial charge in [0.25, 0.3) is 0 Å². The Morgan fingerprint density at radius 3 is 2.35 bits per heavy atom. The van der Waals surface area contributed by atoms with Gasteiger partial charge in [0.1, 0.15) is 0 Å². The van der Waals surface area contributed by atoms with Crippen molar-refractivity contribution in [3.8, 4) is 6.07 Å². The summed E-state index contributed by atoms with van der Waals surface area (Å²) in [4.78, 5) is 4.42. The molecule has 0 aliphatic heterocycles. The van der Waals surface area contributed by atoms with Crippen molar-refractivity contribution in [3.05, 3.63) is 0 Å². The van der Waals surface area contributed by atoms with Gasteiger partial charge in [0.15, 0.2) is 0 Å². The number of nitriles is 1. The van der Waals surface area contributed by atoms with Crippen molar-refractivity contribution in [3.63, 3.8) is 0 Å². The predicted molar refractivity (Wildman–Crippen MR) is 81.7 cm³/mol. The summed E-state index contributed by atoms with van der Waals surface area (Å²) < 4.78 is 10.8. The van der Waals surface area contributed by atoms with Crippen molar-refractivity contribution in [2.45, 2.75) is 32.3 Å². The number of rotatable bonds is 13. The van der Waals surface area contributed by atoms with Crippen LogP contribution < -0.4 is 0 Å². The van der Waals surface area contributed by atoms with Crippen molar-refractivity contribution in [2.75, 3.05) is 60.6 Å². The lowest BCUT2D eigenvalue weighted by atomic mass is 10.2. The average Bonchev–Trinajstić information content (AvgIpc) is 2.42. The first-order valence-electron chi connectivity index (χ1n) is 7.44. The van der Waals surface area contributed by atoms with E-state index in [2.05, 4.69) is 29.8 Å². The Hall–Kier alpha value is -0.670. The standard InChI is InChI=1S/C15H31N3O2/c1-15(7-5-9-17(2)11-13-19-4)20-14-12-18(3)10-6-8-16/h15H,5-7,9-14H2,1-4H3. The Kier molecular flexibility index (Phi) is 12.9. The quantitative estimate of drug-likeness (QED) is 0.514. The van der Waals surface area contributed by atoms with Crippen LogP contribution in [0.5, 0.6) is 0 Å². The van der Waals surface area contributed by atoms with Gasteiger partial charge in [0, 0.05) is 33.2 Å². The van der Waals surface area contributed by atoms with E-state index in [-0.39, 0.29) is 0 Å². The van der Waals surface area contributed by atoms with Crippen LogP contribution in [-0.4, -0.2) is 76.5 Å². The van der Waals surface area contributed by atoms with Gasteiger partial charge >= 0.3 is 0 Å². The second-order valence-corrected chi connectivity index (χ2v) is 5.33. The highest BCUT2D eigenvalue weighted by atomic mass is 16.5. The van der Waals surface area contributed by atoms with E-state index in [1.807, 2.05) is 7.05 Å². The Balaban J connectivity index is 3.45. The third-order valence-corrected chi connectivity index (χ3v) is 3.31. The van der Waals surface area contributed by atoms with Crippen LogP contribution in [0.15, 0.2) is 0 Å². The number of nitrogens with zero attached hydrogens (tertiary/aromatic N) is 3. The fraction of sp³-hybridized carbons (Fsp3) is 0.933. The molecule has 0 aliphatic carbocycles. The molecule has 0 aliphatic rings. The Morgan fingerprint density at radius 1 is 1.05 bits per heavy atom. The van der Waals surface area contributed by atoms with Crippen LogP contribution in [-0.2, 0) is 9.47 Å². The van der Waals surface area contributed by atoms with Gasteiger partial charge < -0.3 is 19.3 Å². The van der Waals surface area contributed by atoms with Gasteiger partial charge in [-0.05, 0) is 40.4 Å². The molecule has 0 radical (unpaired) electrons. The van der Waals surface area contributed by atoms with Crippen LogP contribution in [0.4, 0.5) is 0 Å². The van der Waals surface area contributed by atoms with E-state index in [4.69, 9.17) is 14.7 Å². The highest BCUT2D eigenvalue weighted by molar-refractivity contribution is 4.70. The minimum Gasteiger partial charge on any atom is -0.383 e. The van der Waals surface area contributed by atoms with E-state index in [0.717, 1.165) is 52.2 Å². The first-order chi connectivity index (χ1) is 9.60. The molecule has 118 valence electrons. The topological polar surface area (TPSA) is 48.7 Å². The van der Waals surface area contributed by atoms with E-state index in [9.17, 15) is 0 Å². The molecular formula is C15H31N3O2. The molecule has 0 fully saturated rings. The van der Waals surface area contributed by atoms with Crippen LogP contribution in [0, 0.1) is 11.3 Å². The van der Waals surface area contributed by atoms with Crippen LogP contribution in [0.25, 0.3) is 0 Å². The maximum atomic E-state index is 8.50. The largest absolute Gasteiger partial charge is 0.383 e. The molecule has 0 saturated carbocycles. The summed E-state index contributed by atoms with van der Waals surface area (Å²) >= 11 is 0. The van der Waals surface area contributed by atoms with Crippen LogP contribution in [0.1, 0.15) is 26.2 Å². The van der Waals surface area contributed by atoms with Crippen molar-refractivity contribution in [1.29, 1.82) is 5.26 Å². The highest BCUT2D eigenvalue weighted by Crippen LogP contribution is 2.03. The minimum absolute atomic E-state index is 0.301. The summed E-state index contributed by atoms with van der Waals surface area (Å²) in [6, 6.07) is 2.15. The summed E-state index contributed by atoms with van der Waals surface area (Å²) in [7, 11) is 5.88. The fourth-order valence-corrected chi connectivity index (χ4v) is 1.85. The molecule has 0 aromatic heterocycles. The molecule has 0 N–H and O–H groups in total. The summed E-state index contributed by atoms with van der Waals surface area (Å²) in [5.74, 6) is 0. The molecule has 5 heteroatoms. The van der Waals surface area contributed by atoms with Crippen LogP contribution in [0.3, 0.4) is 0 Å². The van der Waals surface area contributed by atoms with Gasteiger partial charge in [-0.1, -0.05) is 0 Å². The smallest absolute Gasteiger partial charge is 0.0635 e. The monoisotopic (exact) mass is 285 g/mol. The zero-order chi connectivity index (χ0) is 15.2. The summed E-state index contributed by atoms with van der Waals surface area (Å²) in [6.07, 6.45) is 3.11. The summed E-state index contributed by atoms with van der Waals surface area (Å²) in [6.45, 7) is 7.43. The summed E-state index contributed by atoms with van der Waals surface area (Å²) in [5.41, 5.74) is 0. The predicted octanol–water partition coefficient (Wildman–Crippen LogP) is 1.60. The second-order valence-electron chi connectivity index (χ2n) is 5.33. The van der Waals surface area contributed by atoms with Crippen molar-refractivity contribution in [1.82, 2.24) is 9.80 Å². The number of methoxy groups -OCH3 is 1. The molecule has 0 amide bonds. The molecular weight excluding hydrogens is 254 g/mol. The SMILES string of the molecule is COCCN(C)CCCC(C)OCCN(C)CCC#N. The molecule has 0 bridgehead atoms. The Morgan fingerprint density at radius 2 is 1.70 bits per heavy atom. The third kappa shape index (κ3) is 12.4. The molecule has 0 heterocycles. The fourth-order valence-electron chi connectivity index (χ4n) is 1.85. The first kappa shape index (κ1) is 19.3. The third-order valence-electron chi connectivity index (χ3n) is 3.31. The van der Waals surface area contributed by atoms with E-state index in [0.29, 0.717) is 12.5 Å². The molecule has 0 rings (SSSR count). The first-order valence-corrected chi connectivity index (χ1v) is 7.44. The van der Waals surface area contributed by atoms with E-state index in [1.54, 1.807) is 7.11 Å². The van der Waals surface area contributed by atoms with Gasteiger partial charge in [-0.15, -0.1) is 0 Å². The molecule has 5 nitrogen and oxygen atoms in total. The zero-order valence-corrected chi connectivity index (χ0v) is 13.6. The van der Waals surface area contributed by atoms with E-state index in [1.165, 1.54) is 0 Å². The number of hydrogen-bond donors (Lipinski definition) is 0. The van der Waals surface area contributed by atoms with E-state index >= 15 is 0 Å². The lowest BCUT2D eigenvalue weighted by Crippen LogP contribution is -2.27. The van der Waals surface area contributed by atoms with Gasteiger partial charge in [-0.25, -0.2) is 0 Å². The van der Waals surface area contributed by atoms with Gasteiger partial charge in [-0.2, -0.15) is 5.26 Å². The molecule has 0 aromatic carbocycles. The molecule has 0 spiro atoms. The maximum absolute atomic E-state index is 8.50. The van der Waals surface area contributed by atoms with Crippen LogP contribution in [0.2, 0.25) is 0 Å². The Bertz CT molecular complexity index is 256. The minimum atomic E-state index is 0.301. The van der Waals surface area contributed by atoms with Gasteiger partial charge in [0.05, 0.1) is 25.4 Å². The van der Waals surface area contributed by atoms with Crippen molar-refractivity contribution >= 4 is 0 Å². The van der Waals surface area contributed by atoms with Gasteiger partial charge in [-0.3, -0.25) is 0 Å². The van der Waals surface area contributed by atoms with Crippen molar-refractivity contribution < 1.29 is 9.47 Å². The summed E-state index contributed by atoms with van der Waals surface area (Å²) in [5, 5.41) is 8.50. The number of ether oxygens (including phenoxy) is 2. The second kappa shape index (κ2) is 13.3. The normalized spacial score (nSPS) is 12.8. The molecule has 0 saturated heterocycles. The van der Waals surface area contributed by atoms with Gasteiger partial charge in [0.2, 0.25) is 0 Å². The number of hydrogen-bond acceptors (Lipinski definition) is 5. The molecule has 20 heavy (non-hydrogen) atoms. The molecule has 1 unspecified atom stereocenters. The Labute approximate surface area is 124 Å².